The summed E-state index contributed by atoms with van der Waals surface area (Å²) in [5.41, 5.74) is 2.12. The average molecular weight is 484 g/mol. The first kappa shape index (κ1) is 20.1. The van der Waals surface area contributed by atoms with Gasteiger partial charge in [0.2, 0.25) is 0 Å². The number of aromatic hydroxyl groups is 1. The van der Waals surface area contributed by atoms with E-state index in [1.54, 1.807) is 19.1 Å². The molecule has 158 valence electrons. The maximum atomic E-state index is 13.2. The summed E-state index contributed by atoms with van der Waals surface area (Å²) in [5, 5.41) is 20.8. The number of benzene rings is 1. The Morgan fingerprint density at radius 1 is 1.10 bits per heavy atom. The molecule has 31 heavy (non-hydrogen) atoms. The maximum absolute atomic E-state index is 13.2. The van der Waals surface area contributed by atoms with Gasteiger partial charge in [-0.15, -0.1) is 0 Å². The fourth-order valence-corrected chi connectivity index (χ4v) is 5.84. The number of rotatable bonds is 1. The molecule has 1 aromatic carbocycles. The van der Waals surface area contributed by atoms with E-state index >= 15 is 0 Å². The lowest BCUT2D eigenvalue weighted by Crippen LogP contribution is -2.39. The monoisotopic (exact) mass is 483 g/mol. The van der Waals surface area contributed by atoms with Crippen LogP contribution < -0.4 is 0 Å². The van der Waals surface area contributed by atoms with Crippen LogP contribution in [0.2, 0.25) is 0 Å². The molecule has 1 aliphatic heterocycles. The molecule has 2 N–H and O–H groups in total. The molecule has 0 radical (unpaired) electrons. The lowest BCUT2D eigenvalue weighted by molar-refractivity contribution is -0.173. The van der Waals surface area contributed by atoms with Crippen molar-refractivity contribution in [3.8, 4) is 5.75 Å². The number of carbonyl (C=O) groups excluding carboxylic acids is 4. The van der Waals surface area contributed by atoms with Gasteiger partial charge in [-0.05, 0) is 50.0 Å². The minimum Gasteiger partial charge on any atom is -0.508 e. The molecule has 2 amide bonds. The Labute approximate surface area is 185 Å². The van der Waals surface area contributed by atoms with E-state index in [2.05, 4.69) is 15.9 Å². The highest BCUT2D eigenvalue weighted by Crippen LogP contribution is 2.56. The van der Waals surface area contributed by atoms with E-state index in [0.29, 0.717) is 26.8 Å². The average Bonchev–Trinajstić information content (AvgIpc) is 2.96. The molecule has 7 nitrogen and oxygen atoms in total. The number of fused-ring (bicyclic) bond motifs is 3. The lowest BCUT2D eigenvalue weighted by atomic mass is 9.59. The zero-order chi connectivity index (χ0) is 22.2. The van der Waals surface area contributed by atoms with Crippen LogP contribution in [0.4, 0.5) is 0 Å². The summed E-state index contributed by atoms with van der Waals surface area (Å²) in [5.74, 6) is -4.69. The summed E-state index contributed by atoms with van der Waals surface area (Å²) >= 11 is 3.40. The van der Waals surface area contributed by atoms with Crippen LogP contribution in [-0.4, -0.2) is 38.8 Å². The Balaban J connectivity index is 1.75. The molecule has 0 aromatic heterocycles. The van der Waals surface area contributed by atoms with E-state index in [1.165, 1.54) is 12.1 Å². The van der Waals surface area contributed by atoms with Crippen LogP contribution in [0.5, 0.6) is 5.75 Å². The Morgan fingerprint density at radius 3 is 2.58 bits per heavy atom. The zero-order valence-corrected chi connectivity index (χ0v) is 18.0. The SMILES string of the molecule is CC1=CC(=O)C2=C(C1=O)C(c1cc(Br)ccc1O)C1=CCC3C(=O)N(O)C(=O)C3C1C2. The van der Waals surface area contributed by atoms with Crippen molar-refractivity contribution in [2.75, 3.05) is 0 Å². The number of phenolic OH excluding ortho intramolecular Hbond substituents is 1. The molecule has 5 rings (SSSR count). The Hall–Kier alpha value is -2.84. The molecule has 3 aliphatic carbocycles. The van der Waals surface area contributed by atoms with Crippen molar-refractivity contribution < 1.29 is 29.5 Å². The molecule has 0 spiro atoms. The number of phenols is 1. The highest BCUT2D eigenvalue weighted by Gasteiger charge is 2.56. The summed E-state index contributed by atoms with van der Waals surface area (Å²) in [7, 11) is 0. The molecule has 0 bridgehead atoms. The number of nitrogens with zero attached hydrogens (tertiary/aromatic N) is 1. The van der Waals surface area contributed by atoms with E-state index < -0.39 is 35.5 Å². The third kappa shape index (κ3) is 2.74. The number of imide groups is 1. The van der Waals surface area contributed by atoms with Crippen molar-refractivity contribution in [2.45, 2.75) is 25.7 Å². The summed E-state index contributed by atoms with van der Waals surface area (Å²) in [4.78, 5) is 51.2. The van der Waals surface area contributed by atoms with Gasteiger partial charge in [-0.2, -0.15) is 5.06 Å². The summed E-state index contributed by atoms with van der Waals surface area (Å²) in [6, 6.07) is 4.87. The molecule has 1 aromatic rings. The van der Waals surface area contributed by atoms with Gasteiger partial charge < -0.3 is 5.11 Å². The molecule has 4 aliphatic rings. The number of allylic oxidation sites excluding steroid dienone is 6. The van der Waals surface area contributed by atoms with E-state index in [1.807, 2.05) is 6.08 Å². The highest BCUT2D eigenvalue weighted by molar-refractivity contribution is 9.10. The number of hydrogen-bond donors (Lipinski definition) is 2. The minimum absolute atomic E-state index is 0.0335. The third-order valence-electron chi connectivity index (χ3n) is 6.84. The Bertz CT molecular complexity index is 1190. The zero-order valence-electron chi connectivity index (χ0n) is 16.5. The fourth-order valence-electron chi connectivity index (χ4n) is 5.46. The summed E-state index contributed by atoms with van der Waals surface area (Å²) < 4.78 is 0.689. The van der Waals surface area contributed by atoms with Crippen LogP contribution in [0, 0.1) is 17.8 Å². The first-order chi connectivity index (χ1) is 14.7. The van der Waals surface area contributed by atoms with Crippen LogP contribution in [0.25, 0.3) is 0 Å². The quantitative estimate of drug-likeness (QED) is 0.275. The number of hydroxylamine groups is 2. The normalized spacial score (nSPS) is 30.1. The van der Waals surface area contributed by atoms with Crippen molar-refractivity contribution in [2.24, 2.45) is 17.8 Å². The highest BCUT2D eigenvalue weighted by atomic mass is 79.9. The molecule has 1 saturated heterocycles. The number of ketones is 2. The molecule has 0 saturated carbocycles. The van der Waals surface area contributed by atoms with Crippen LogP contribution >= 0.6 is 15.9 Å². The van der Waals surface area contributed by atoms with Crippen LogP contribution in [-0.2, 0) is 19.2 Å². The molecular weight excluding hydrogens is 466 g/mol. The van der Waals surface area contributed by atoms with Crippen molar-refractivity contribution >= 4 is 39.3 Å². The standard InChI is InChI=1S/C23H18BrNO6/c1-9-6-17(27)15-8-13-11(3-4-12-19(13)23(30)25(31)22(12)29)18(20(15)21(9)28)14-7-10(24)2-5-16(14)26/h2-3,5-7,12-13,18-19,26,31H,4,8H2,1H3. The van der Waals surface area contributed by atoms with Crippen molar-refractivity contribution in [1.82, 2.24) is 5.06 Å². The maximum Gasteiger partial charge on any atom is 0.257 e. The van der Waals surface area contributed by atoms with E-state index in [-0.39, 0.29) is 35.2 Å². The molecule has 1 heterocycles. The van der Waals surface area contributed by atoms with Crippen molar-refractivity contribution in [3.05, 3.63) is 62.7 Å². The predicted molar refractivity (Wildman–Crippen MR) is 111 cm³/mol. The number of amides is 2. The number of halogens is 1. The van der Waals surface area contributed by atoms with Crippen LogP contribution in [0.1, 0.15) is 31.2 Å². The molecule has 4 unspecified atom stereocenters. The van der Waals surface area contributed by atoms with Crippen molar-refractivity contribution in [1.29, 1.82) is 0 Å². The first-order valence-corrected chi connectivity index (χ1v) is 10.8. The molecule has 8 heteroatoms. The second-order valence-electron chi connectivity index (χ2n) is 8.42. The van der Waals surface area contributed by atoms with Gasteiger partial charge in [0.15, 0.2) is 11.6 Å². The summed E-state index contributed by atoms with van der Waals surface area (Å²) in [6.45, 7) is 1.59. The molecular formula is C23H18BrNO6. The second kappa shape index (κ2) is 6.83. The van der Waals surface area contributed by atoms with E-state index in [9.17, 15) is 29.5 Å². The van der Waals surface area contributed by atoms with Crippen LogP contribution in [0.15, 0.2) is 57.1 Å². The first-order valence-electron chi connectivity index (χ1n) is 9.96. The van der Waals surface area contributed by atoms with Gasteiger partial charge in [-0.25, -0.2) is 0 Å². The fraction of sp³-hybridized carbons (Fsp3) is 0.304. The third-order valence-corrected chi connectivity index (χ3v) is 7.34. The van der Waals surface area contributed by atoms with Crippen LogP contribution in [0.3, 0.4) is 0 Å². The Kier molecular flexibility index (Phi) is 4.43. The number of Topliss-reactive ketones (excluding diaryl/α,β-unsaturated/α-hetero) is 1. The molecule has 1 fully saturated rings. The predicted octanol–water partition coefficient (Wildman–Crippen LogP) is 2.97. The number of hydrogen-bond acceptors (Lipinski definition) is 6. The van der Waals surface area contributed by atoms with Gasteiger partial charge in [-0.3, -0.25) is 24.4 Å². The Morgan fingerprint density at radius 2 is 1.84 bits per heavy atom. The van der Waals surface area contributed by atoms with Gasteiger partial charge in [0.05, 0.1) is 11.8 Å². The number of carbonyl (C=O) groups is 4. The second-order valence-corrected chi connectivity index (χ2v) is 9.34. The van der Waals surface area contributed by atoms with Gasteiger partial charge in [0.1, 0.15) is 5.75 Å². The minimum atomic E-state index is -0.807. The lowest BCUT2D eigenvalue weighted by Gasteiger charge is -2.42. The topological polar surface area (TPSA) is 112 Å². The van der Waals surface area contributed by atoms with Crippen molar-refractivity contribution in [3.63, 3.8) is 0 Å². The van der Waals surface area contributed by atoms with E-state index in [4.69, 9.17) is 0 Å². The smallest absolute Gasteiger partial charge is 0.257 e. The van der Waals surface area contributed by atoms with Gasteiger partial charge in [-0.1, -0.05) is 27.6 Å². The van der Waals surface area contributed by atoms with Gasteiger partial charge in [0.25, 0.3) is 11.8 Å². The van der Waals surface area contributed by atoms with E-state index in [0.717, 1.165) is 5.57 Å². The molecule has 4 atom stereocenters. The largest absolute Gasteiger partial charge is 0.508 e. The summed E-state index contributed by atoms with van der Waals surface area (Å²) in [6.07, 6.45) is 3.50. The van der Waals surface area contributed by atoms with Gasteiger partial charge in [0, 0.05) is 32.7 Å². The van der Waals surface area contributed by atoms with Gasteiger partial charge >= 0.3 is 0 Å².